The number of aliphatic hydroxyl groups is 2. The number of ketones is 1. The van der Waals surface area contributed by atoms with Crippen LogP contribution >= 0.6 is 11.8 Å². The topological polar surface area (TPSA) is 480 Å². The molecule has 33 nitrogen and oxygen atoms in total. The standard InChI is InChI=1S/C83H124N16O17S/c1-49(2)33-64(77(111)96-66(35-53-40-86-62-16-12-11-15-58(53)62)78(112)91-51(4)76(110)89-44-71(104)93-67(38-56-41-85-48-90-56)80(114)95-65(34-52-13-9-8-10-14-52)79(113)94-63(81(115)116)22-32-117-7)87-42-57(100)18-17-50(3)59-19-20-60-75-61(39-69(102)83(59,60)6)82(5)23-21-55(36-54(82)37-68(75)101)92-70(103)43-88-72(105)45-97-26-24-84-25-27-98(46-73(106)107)29-31-99(30-28-97)47-74(108)109/h8-16,40-41,48-51,54-55,59-61,63-69,75,84,86-87,101-102H,17-39,42-47H2,1-7H3,(H,85,90)(H,88,105)(H,89,110)(H,91,112)(H,92,103)(H,93,104)(H,94,113)(H,95,114)(H,96,111)(H,106,107)(H,108,109)(H,115,116)/t50-,51+,54?,55+,59?,60?,61?,63+,64+,65+,66+,67+,68-,69+,75?,82+,83-/m1/s1. The average Bonchev–Trinajstić information content (AvgIpc) is 1.64. The van der Waals surface area contributed by atoms with Gasteiger partial charge in [0.05, 0.1) is 63.8 Å². The van der Waals surface area contributed by atoms with E-state index in [-0.39, 0.29) is 135 Å². The number of aliphatic hydroxyl groups excluding tert-OH is 2. The van der Waals surface area contributed by atoms with Crippen molar-refractivity contribution in [3.8, 4) is 0 Å². The van der Waals surface area contributed by atoms with Crippen molar-refractivity contribution in [1.82, 2.24) is 82.8 Å². The molecule has 1 aliphatic heterocycles. The quantitative estimate of drug-likeness (QED) is 0.0297. The van der Waals surface area contributed by atoms with Gasteiger partial charge in [0.2, 0.25) is 47.3 Å². The molecule has 0 radical (unpaired) electrons. The summed E-state index contributed by atoms with van der Waals surface area (Å²) in [7, 11) is 0. The second-order valence-electron chi connectivity index (χ2n) is 33.8. The van der Waals surface area contributed by atoms with Gasteiger partial charge < -0.3 is 83.4 Å². The van der Waals surface area contributed by atoms with Gasteiger partial charge in [-0.2, -0.15) is 11.8 Å². The number of imidazole rings is 1. The summed E-state index contributed by atoms with van der Waals surface area (Å²) in [5.41, 5.74) is 1.86. The zero-order valence-electron chi connectivity index (χ0n) is 68.5. The Balaban J connectivity index is 0.753. The molecular formula is C83H124N16O17S. The van der Waals surface area contributed by atoms with E-state index in [1.807, 2.05) is 49.3 Å². The Morgan fingerprint density at radius 2 is 1.22 bits per heavy atom. The maximum absolute atomic E-state index is 14.6. The molecule has 4 saturated carbocycles. The number of aliphatic carboxylic acids is 3. The number of aromatic amines is 2. The average molecular weight is 1650 g/mol. The normalized spacial score (nSPS) is 25.1. The van der Waals surface area contributed by atoms with Gasteiger partial charge in [-0.25, -0.2) is 9.78 Å². The van der Waals surface area contributed by atoms with Gasteiger partial charge in [-0.05, 0) is 153 Å². The number of carbonyl (C=O) groups excluding carboxylic acids is 9. The molecule has 2 aromatic heterocycles. The Labute approximate surface area is 688 Å². The highest BCUT2D eigenvalue weighted by Gasteiger charge is 2.66. The lowest BCUT2D eigenvalue weighted by Gasteiger charge is -2.63. The number of Topliss-reactive ketones (excluding diaryl/α,β-unsaturated/α-hetero) is 1. The number of carboxylic acids is 3. The predicted octanol–water partition coefficient (Wildman–Crippen LogP) is 1.19. The number of thioether (sulfide) groups is 1. The van der Waals surface area contributed by atoms with Gasteiger partial charge in [0.25, 0.3) is 0 Å². The lowest BCUT2D eigenvalue weighted by Crippen LogP contribution is -2.63. The minimum atomic E-state index is -1.33. The minimum Gasteiger partial charge on any atom is -0.480 e. The van der Waals surface area contributed by atoms with Crippen molar-refractivity contribution in [2.24, 2.45) is 52.3 Å². The van der Waals surface area contributed by atoms with Crippen LogP contribution in [-0.2, 0) is 76.8 Å². The number of carboxylic acid groups (broad SMARTS) is 3. The highest BCUT2D eigenvalue weighted by molar-refractivity contribution is 7.98. The zero-order chi connectivity index (χ0) is 84.7. The number of rotatable bonds is 40. The summed E-state index contributed by atoms with van der Waals surface area (Å²) in [5.74, 6) is -7.81. The molecule has 4 aliphatic carbocycles. The van der Waals surface area contributed by atoms with Gasteiger partial charge in [-0.1, -0.05) is 83.1 Å². The van der Waals surface area contributed by atoms with Gasteiger partial charge in [-0.3, -0.25) is 72.8 Å². The van der Waals surface area contributed by atoms with E-state index in [1.54, 1.807) is 46.3 Å². The van der Waals surface area contributed by atoms with Gasteiger partial charge in [0, 0.05) is 113 Å². The number of fused-ring (bicyclic) bond motifs is 6. The fraction of sp³-hybridized carbons (Fsp3) is 0.651. The van der Waals surface area contributed by atoms with Gasteiger partial charge >= 0.3 is 17.9 Å². The van der Waals surface area contributed by atoms with Crippen LogP contribution in [0.1, 0.15) is 129 Å². The van der Waals surface area contributed by atoms with Crippen molar-refractivity contribution in [3.05, 3.63) is 90.1 Å². The molecule has 4 aromatic rings. The molecule has 0 bridgehead atoms. The third-order valence-electron chi connectivity index (χ3n) is 25.2. The molecule has 17 atom stereocenters. The third-order valence-corrected chi connectivity index (χ3v) is 25.9. The van der Waals surface area contributed by atoms with E-state index in [0.29, 0.717) is 113 Å². The molecule has 34 heteroatoms. The van der Waals surface area contributed by atoms with Crippen molar-refractivity contribution >= 4 is 93.6 Å². The summed E-state index contributed by atoms with van der Waals surface area (Å²) in [6.45, 7) is 13.8. The van der Waals surface area contributed by atoms with Crippen LogP contribution in [0.25, 0.3) is 10.9 Å². The van der Waals surface area contributed by atoms with Gasteiger partial charge in [0.15, 0.2) is 0 Å². The van der Waals surface area contributed by atoms with Crippen LogP contribution in [0, 0.1) is 52.3 Å². The fourth-order valence-electron chi connectivity index (χ4n) is 18.9. The highest BCUT2D eigenvalue weighted by atomic mass is 32.2. The molecule has 5 fully saturated rings. The number of hydrogen-bond acceptors (Lipinski definition) is 21. The van der Waals surface area contributed by atoms with Crippen LogP contribution in [0.2, 0.25) is 0 Å². The highest BCUT2D eigenvalue weighted by Crippen LogP contribution is 2.68. The Morgan fingerprint density at radius 3 is 1.87 bits per heavy atom. The largest absolute Gasteiger partial charge is 0.480 e. The molecule has 5 aliphatic rings. The monoisotopic (exact) mass is 1650 g/mol. The predicted molar refractivity (Wildman–Crippen MR) is 438 cm³/mol. The van der Waals surface area contributed by atoms with E-state index >= 15 is 0 Å². The van der Waals surface area contributed by atoms with Crippen molar-refractivity contribution < 1.29 is 83.1 Å². The SMILES string of the molecule is CSCC[C@H](NC(=O)[C@H](Cc1ccccc1)NC(=O)[C@H](Cc1cnc[nH]1)NC(=O)CNC(=O)[C@H](C)NC(=O)[C@H](Cc1c[nH]c2ccccc12)NC(=O)[C@H](CC(C)C)NCC(=O)CC[C@@H](C)C1CCC2C3C(C[C@H](O)[C@@]21C)[C@@]1(C)CC[C@H](NC(=O)CNC(=O)CN2CCNCCN(CC(=O)O)CCN(CC(=O)O)CC2)CC1C[C@H]3O)C(=O)O. The van der Waals surface area contributed by atoms with Crippen LogP contribution in [0.15, 0.2) is 73.3 Å². The van der Waals surface area contributed by atoms with Crippen molar-refractivity contribution in [2.45, 2.75) is 186 Å². The van der Waals surface area contributed by atoms with Gasteiger partial charge in [-0.15, -0.1) is 0 Å². The lowest BCUT2D eigenvalue weighted by atomic mass is 9.43. The summed E-state index contributed by atoms with van der Waals surface area (Å²) in [6.07, 6.45) is 11.0. The lowest BCUT2D eigenvalue weighted by molar-refractivity contribution is -0.202. The maximum Gasteiger partial charge on any atom is 0.326 e. The Hall–Kier alpha value is -8.90. The summed E-state index contributed by atoms with van der Waals surface area (Å²) in [6, 6.07) is 8.78. The number of H-pyrrole nitrogens is 2. The molecule has 0 spiro atoms. The van der Waals surface area contributed by atoms with Crippen molar-refractivity contribution in [3.63, 3.8) is 0 Å². The summed E-state index contributed by atoms with van der Waals surface area (Å²) >= 11 is 1.41. The van der Waals surface area contributed by atoms with Crippen LogP contribution in [-0.4, -0.2) is 284 Å². The molecule has 5 unspecified atom stereocenters. The van der Waals surface area contributed by atoms with E-state index in [1.165, 1.54) is 31.2 Å². The van der Waals surface area contributed by atoms with E-state index in [4.69, 9.17) is 0 Å². The Bertz CT molecular complexity index is 4020. The number of benzene rings is 2. The third kappa shape index (κ3) is 26.1. The molecule has 117 heavy (non-hydrogen) atoms. The molecule has 3 heterocycles. The minimum absolute atomic E-state index is 0.00981. The second-order valence-corrected chi connectivity index (χ2v) is 34.8. The smallest absolute Gasteiger partial charge is 0.326 e. The number of nitrogens with zero attached hydrogens (tertiary/aromatic N) is 4. The number of amides is 8. The van der Waals surface area contributed by atoms with Crippen molar-refractivity contribution in [1.29, 1.82) is 0 Å². The van der Waals surface area contributed by atoms with E-state index in [9.17, 15) is 83.1 Å². The first kappa shape index (κ1) is 92.0. The maximum atomic E-state index is 14.6. The molecule has 8 amide bonds. The number of nitrogens with one attached hydrogen (secondary N) is 12. The fourth-order valence-corrected chi connectivity index (χ4v) is 19.4. The second kappa shape index (κ2) is 43.7. The van der Waals surface area contributed by atoms with E-state index < -0.39 is 114 Å². The molecule has 2 aromatic carbocycles. The molecule has 644 valence electrons. The Kier molecular flexibility index (Phi) is 34.4. The molecule has 17 N–H and O–H groups in total. The van der Waals surface area contributed by atoms with Crippen molar-refractivity contribution in [2.75, 3.05) is 104 Å². The van der Waals surface area contributed by atoms with Crippen LogP contribution in [0.5, 0.6) is 0 Å². The van der Waals surface area contributed by atoms with Crippen LogP contribution in [0.3, 0.4) is 0 Å². The number of para-hydroxylation sites is 1. The van der Waals surface area contributed by atoms with Crippen LogP contribution < -0.4 is 53.2 Å². The van der Waals surface area contributed by atoms with Gasteiger partial charge in [0.1, 0.15) is 36.0 Å². The first-order valence-corrected chi connectivity index (χ1v) is 42.8. The first-order chi connectivity index (χ1) is 55.8. The number of carbonyl (C=O) groups is 12. The Morgan fingerprint density at radius 1 is 0.607 bits per heavy atom. The number of hydrogen-bond donors (Lipinski definition) is 17. The number of aromatic nitrogens is 3. The zero-order valence-corrected chi connectivity index (χ0v) is 69.3. The summed E-state index contributed by atoms with van der Waals surface area (Å²) < 4.78 is 0. The molecule has 1 saturated heterocycles. The van der Waals surface area contributed by atoms with E-state index in [0.717, 1.165) is 30.2 Å². The summed E-state index contributed by atoms with van der Waals surface area (Å²) in [5, 5.41) is 83.0. The molecule has 9 rings (SSSR count). The van der Waals surface area contributed by atoms with E-state index in [2.05, 4.69) is 88.9 Å². The summed E-state index contributed by atoms with van der Waals surface area (Å²) in [4.78, 5) is 176. The first-order valence-electron chi connectivity index (χ1n) is 41.4. The van der Waals surface area contributed by atoms with Crippen LogP contribution in [0.4, 0.5) is 0 Å². The molecular weight excluding hydrogens is 1530 g/mol.